The number of likely N-dealkylation sites (tertiary alicyclic amines) is 1. The number of carbonyl (C=O) groups excluding carboxylic acids is 4. The summed E-state index contributed by atoms with van der Waals surface area (Å²) >= 11 is 7.91. The van der Waals surface area contributed by atoms with Gasteiger partial charge in [-0.05, 0) is 86.6 Å². The molecule has 9 nitrogen and oxygen atoms in total. The van der Waals surface area contributed by atoms with Crippen molar-refractivity contribution in [2.75, 3.05) is 4.90 Å². The Balaban J connectivity index is 1.16. The molecule has 0 spiro atoms. The number of para-hydroxylation sites is 1. The predicted molar refractivity (Wildman–Crippen MR) is 209 cm³/mol. The van der Waals surface area contributed by atoms with Crippen LogP contribution in [-0.4, -0.2) is 49.5 Å². The molecule has 2 aromatic heterocycles. The minimum atomic E-state index is -1.29. The molecular weight excluding hydrogens is 720 g/mol. The van der Waals surface area contributed by atoms with E-state index in [2.05, 4.69) is 6.58 Å². The minimum Gasteiger partial charge on any atom is -0.507 e. The van der Waals surface area contributed by atoms with Gasteiger partial charge in [-0.15, -0.1) is 17.9 Å². The molecule has 54 heavy (non-hydrogen) atoms. The SMILES string of the molecule is C=CCc1cccc([C@H]2C3=CC[C@@H]4C(=O)N(C5CCCCC5)C(=O)[C@@H]4[C@@H]3C[C@H]3C(=O)N(c4cc(-c5sc6ccc(Cl)cc6c5C)nn4C)C(=O)[C@@]23C)c1O. The number of allylic oxidation sites excluding steroid dienone is 3. The molecule has 1 N–H and O–H groups in total. The van der Waals surface area contributed by atoms with E-state index >= 15 is 4.79 Å². The number of fused-ring (bicyclic) bond motifs is 5. The number of phenolic OH excluding ortho intramolecular Hbond substituents is 1. The molecular formula is C43H43ClN4O5S. The summed E-state index contributed by atoms with van der Waals surface area (Å²) in [7, 11) is 1.74. The molecule has 5 aliphatic rings. The Hall–Kier alpha value is -4.54. The lowest BCUT2D eigenvalue weighted by molar-refractivity contribution is -0.144. The third kappa shape index (κ3) is 4.91. The average Bonchev–Trinajstić information content (AvgIpc) is 3.83. The van der Waals surface area contributed by atoms with E-state index in [1.807, 2.05) is 56.3 Å². The number of rotatable bonds is 6. The van der Waals surface area contributed by atoms with Gasteiger partial charge in [0, 0.05) is 40.4 Å². The molecule has 278 valence electrons. The number of aromatic hydroxyl groups is 1. The van der Waals surface area contributed by atoms with Crippen molar-refractivity contribution >= 4 is 62.5 Å². The van der Waals surface area contributed by atoms with Crippen molar-refractivity contribution in [3.8, 4) is 16.3 Å². The summed E-state index contributed by atoms with van der Waals surface area (Å²) in [6.45, 7) is 7.74. The van der Waals surface area contributed by atoms with Crippen molar-refractivity contribution in [3.05, 3.63) is 88.5 Å². The largest absolute Gasteiger partial charge is 0.507 e. The predicted octanol–water partition coefficient (Wildman–Crippen LogP) is 8.26. The van der Waals surface area contributed by atoms with Crippen molar-refractivity contribution in [1.82, 2.24) is 14.7 Å². The quantitative estimate of drug-likeness (QED) is 0.156. The number of nitrogens with zero attached hydrogens (tertiary/aromatic N) is 4. The number of benzene rings is 2. The van der Waals surface area contributed by atoms with Crippen LogP contribution < -0.4 is 4.90 Å². The van der Waals surface area contributed by atoms with Crippen molar-refractivity contribution < 1.29 is 24.3 Å². The van der Waals surface area contributed by atoms with Gasteiger partial charge in [0.25, 0.3) is 0 Å². The number of hydrogen-bond acceptors (Lipinski definition) is 7. The van der Waals surface area contributed by atoms with E-state index in [9.17, 15) is 19.5 Å². The fourth-order valence-electron chi connectivity index (χ4n) is 10.7. The van der Waals surface area contributed by atoms with Gasteiger partial charge >= 0.3 is 0 Å². The lowest BCUT2D eigenvalue weighted by Crippen LogP contribution is -2.49. The van der Waals surface area contributed by atoms with Gasteiger partial charge in [-0.3, -0.25) is 28.8 Å². The van der Waals surface area contributed by atoms with Crippen LogP contribution >= 0.6 is 22.9 Å². The number of aryl methyl sites for hydroxylation is 2. The van der Waals surface area contributed by atoms with Gasteiger partial charge in [0.2, 0.25) is 23.6 Å². The topological polar surface area (TPSA) is 113 Å². The molecule has 4 amide bonds. The van der Waals surface area contributed by atoms with Crippen LogP contribution in [0.4, 0.5) is 5.82 Å². The molecule has 2 saturated heterocycles. The molecule has 4 aromatic rings. The van der Waals surface area contributed by atoms with E-state index in [-0.39, 0.29) is 41.8 Å². The second kappa shape index (κ2) is 12.8. The van der Waals surface area contributed by atoms with Gasteiger partial charge in [-0.2, -0.15) is 5.10 Å². The summed E-state index contributed by atoms with van der Waals surface area (Å²) in [4.78, 5) is 62.4. The van der Waals surface area contributed by atoms with Crippen LogP contribution in [0.15, 0.2) is 66.8 Å². The Labute approximate surface area is 323 Å². The van der Waals surface area contributed by atoms with Crippen LogP contribution in [0.2, 0.25) is 5.02 Å². The molecule has 11 heteroatoms. The summed E-state index contributed by atoms with van der Waals surface area (Å²) in [6, 6.07) is 13.0. The van der Waals surface area contributed by atoms with E-state index in [1.165, 1.54) is 4.90 Å². The van der Waals surface area contributed by atoms with Gasteiger partial charge in [0.15, 0.2) is 0 Å². The van der Waals surface area contributed by atoms with E-state index in [0.29, 0.717) is 40.5 Å². The molecule has 4 heterocycles. The molecule has 4 fully saturated rings. The maximum atomic E-state index is 15.2. The number of carbonyl (C=O) groups is 4. The summed E-state index contributed by atoms with van der Waals surface area (Å²) in [5.41, 5.74) is 2.44. The zero-order valence-electron chi connectivity index (χ0n) is 30.7. The number of hydrogen-bond donors (Lipinski definition) is 1. The number of amides is 4. The van der Waals surface area contributed by atoms with Crippen LogP contribution in [0, 0.1) is 36.0 Å². The van der Waals surface area contributed by atoms with Gasteiger partial charge in [0.05, 0.1) is 28.0 Å². The van der Waals surface area contributed by atoms with Gasteiger partial charge in [-0.25, -0.2) is 4.90 Å². The van der Waals surface area contributed by atoms with Gasteiger partial charge in [-0.1, -0.05) is 66.8 Å². The monoisotopic (exact) mass is 762 g/mol. The lowest BCUT2D eigenvalue weighted by atomic mass is 9.51. The van der Waals surface area contributed by atoms with Crippen LogP contribution in [0.5, 0.6) is 5.75 Å². The third-order valence-electron chi connectivity index (χ3n) is 13.3. The first-order chi connectivity index (χ1) is 25.9. The zero-order valence-corrected chi connectivity index (χ0v) is 32.3. The highest BCUT2D eigenvalue weighted by Crippen LogP contribution is 2.65. The standard InChI is InChI=1S/C43H43ClN4O5S/c1-5-10-23-11-9-14-28(37(23)49)36-26-16-17-27-35(41(52)47(39(27)50)25-12-7-6-8-13-25)30(26)20-31-40(51)48(42(53)43(31,36)3)34-21-32(45-46(34)4)38-22(2)29-19-24(44)15-18-33(29)54-38/h5,9,11,14-16,18-19,21,25,27,30-31,35-36,49H,1,6-8,10,12-13,17,20H2,2-4H3/t27-,30+,31-,35-,36+,43+/m0/s1. The molecule has 2 saturated carbocycles. The molecule has 3 aliphatic carbocycles. The Morgan fingerprint density at radius 3 is 2.57 bits per heavy atom. The van der Waals surface area contributed by atoms with Gasteiger partial charge in [0.1, 0.15) is 17.3 Å². The van der Waals surface area contributed by atoms with Crippen molar-refractivity contribution in [1.29, 1.82) is 0 Å². The maximum absolute atomic E-state index is 15.2. The van der Waals surface area contributed by atoms with E-state index in [4.69, 9.17) is 16.7 Å². The van der Waals surface area contributed by atoms with Crippen LogP contribution in [-0.2, 0) is 32.6 Å². The third-order valence-corrected chi connectivity index (χ3v) is 14.8. The summed E-state index contributed by atoms with van der Waals surface area (Å²) < 4.78 is 2.65. The Morgan fingerprint density at radius 2 is 1.81 bits per heavy atom. The van der Waals surface area contributed by atoms with Crippen molar-refractivity contribution in [3.63, 3.8) is 0 Å². The smallest absolute Gasteiger partial charge is 0.242 e. The highest BCUT2D eigenvalue weighted by atomic mass is 35.5. The summed E-state index contributed by atoms with van der Waals surface area (Å²) in [5.74, 6) is -3.63. The number of imide groups is 2. The van der Waals surface area contributed by atoms with E-state index < -0.39 is 35.0 Å². The molecule has 0 radical (unpaired) electrons. The number of anilines is 1. The van der Waals surface area contributed by atoms with Gasteiger partial charge < -0.3 is 5.11 Å². The average molecular weight is 763 g/mol. The Bertz CT molecular complexity index is 2340. The summed E-state index contributed by atoms with van der Waals surface area (Å²) in [6.07, 6.45) is 9.55. The highest BCUT2D eigenvalue weighted by molar-refractivity contribution is 7.22. The molecule has 6 atom stereocenters. The van der Waals surface area contributed by atoms with Crippen molar-refractivity contribution in [2.45, 2.75) is 77.2 Å². The Kier molecular flexibility index (Phi) is 8.32. The summed E-state index contributed by atoms with van der Waals surface area (Å²) in [5, 5.41) is 18.4. The molecule has 2 aliphatic heterocycles. The molecule has 0 bridgehead atoms. The van der Waals surface area contributed by atoms with Crippen molar-refractivity contribution in [2.24, 2.45) is 36.1 Å². The van der Waals surface area contributed by atoms with E-state index in [1.54, 1.807) is 40.1 Å². The first-order valence-corrected chi connectivity index (χ1v) is 20.2. The molecule has 0 unspecified atom stereocenters. The number of halogens is 1. The second-order valence-corrected chi connectivity index (χ2v) is 17.5. The first kappa shape index (κ1) is 35.2. The number of thiophene rings is 1. The Morgan fingerprint density at radius 1 is 1.04 bits per heavy atom. The normalized spacial score (nSPS) is 28.4. The van der Waals surface area contributed by atoms with Crippen LogP contribution in [0.3, 0.4) is 0 Å². The van der Waals surface area contributed by atoms with Crippen LogP contribution in [0.1, 0.15) is 74.5 Å². The van der Waals surface area contributed by atoms with E-state index in [0.717, 1.165) is 58.2 Å². The molecule has 2 aromatic carbocycles. The molecule has 9 rings (SSSR count). The number of aromatic nitrogens is 2. The number of phenols is 1. The maximum Gasteiger partial charge on any atom is 0.242 e. The fraction of sp³-hybridized carbons (Fsp3) is 0.419. The highest BCUT2D eigenvalue weighted by Gasteiger charge is 2.68. The lowest BCUT2D eigenvalue weighted by Gasteiger charge is -2.49. The first-order valence-electron chi connectivity index (χ1n) is 19.1. The second-order valence-electron chi connectivity index (χ2n) is 16.1. The fourth-order valence-corrected chi connectivity index (χ4v) is 12.0. The zero-order chi connectivity index (χ0) is 37.8. The van der Waals surface area contributed by atoms with Crippen LogP contribution in [0.25, 0.3) is 20.7 Å². The minimum absolute atomic E-state index is 0.0607.